The van der Waals surface area contributed by atoms with Crippen LogP contribution in [0.5, 0.6) is 0 Å². The lowest BCUT2D eigenvalue weighted by Gasteiger charge is -2.29. The minimum atomic E-state index is -0.998. The molecule has 0 bridgehead atoms. The second-order valence-electron chi connectivity index (χ2n) is 6.67. The molecule has 6 nitrogen and oxygen atoms in total. The Kier molecular flexibility index (Phi) is 4.49. The van der Waals surface area contributed by atoms with Crippen LogP contribution in [-0.4, -0.2) is 45.2 Å². The van der Waals surface area contributed by atoms with Crippen LogP contribution in [0.15, 0.2) is 24.4 Å². The predicted molar refractivity (Wildman–Crippen MR) is 83.5 cm³/mol. The van der Waals surface area contributed by atoms with Crippen molar-refractivity contribution in [2.75, 3.05) is 13.1 Å². The van der Waals surface area contributed by atoms with Crippen LogP contribution >= 0.6 is 0 Å². The number of carbonyl (C=O) groups excluding carboxylic acids is 1. The smallest absolute Gasteiger partial charge is 0.323 e. The molecular formula is C16H21N3O3. The number of rotatable bonds is 5. The Morgan fingerprint density at radius 2 is 2.05 bits per heavy atom. The summed E-state index contributed by atoms with van der Waals surface area (Å²) in [6, 6.07) is 5.63. The molecule has 1 aromatic heterocycles. The molecule has 2 rings (SSSR count). The highest BCUT2D eigenvalue weighted by Gasteiger charge is 2.23. The third-order valence-corrected chi connectivity index (χ3v) is 3.21. The molecule has 0 saturated heterocycles. The van der Waals surface area contributed by atoms with Crippen LogP contribution < -0.4 is 0 Å². The summed E-state index contributed by atoms with van der Waals surface area (Å²) in [4.78, 5) is 24.8. The van der Waals surface area contributed by atoms with Gasteiger partial charge in [-0.05, 0) is 17.0 Å². The van der Waals surface area contributed by atoms with Crippen molar-refractivity contribution in [2.24, 2.45) is 5.41 Å². The Hall–Kier alpha value is -2.37. The van der Waals surface area contributed by atoms with E-state index in [2.05, 4.69) is 10.2 Å². The van der Waals surface area contributed by atoms with E-state index in [0.29, 0.717) is 6.54 Å². The van der Waals surface area contributed by atoms with E-state index < -0.39 is 5.97 Å². The van der Waals surface area contributed by atoms with E-state index in [-0.39, 0.29) is 24.3 Å². The third kappa shape index (κ3) is 4.31. The van der Waals surface area contributed by atoms with Gasteiger partial charge in [-0.25, -0.2) is 0 Å². The van der Waals surface area contributed by atoms with Gasteiger partial charge >= 0.3 is 5.97 Å². The highest BCUT2D eigenvalue weighted by molar-refractivity contribution is 5.85. The number of aliphatic carboxylic acids is 1. The lowest BCUT2D eigenvalue weighted by molar-refractivity contribution is -0.145. The average molecular weight is 303 g/mol. The SMILES string of the molecule is CC(C)(C)CN(CC(=O)O)C(=O)Cc1ccc2cn[nH]c2c1. The fourth-order valence-electron chi connectivity index (χ4n) is 2.35. The van der Waals surface area contributed by atoms with Gasteiger partial charge in [-0.15, -0.1) is 0 Å². The van der Waals surface area contributed by atoms with E-state index >= 15 is 0 Å². The number of carboxylic acids is 1. The van der Waals surface area contributed by atoms with E-state index in [9.17, 15) is 9.59 Å². The van der Waals surface area contributed by atoms with Gasteiger partial charge in [0, 0.05) is 11.9 Å². The molecule has 22 heavy (non-hydrogen) atoms. The largest absolute Gasteiger partial charge is 0.480 e. The van der Waals surface area contributed by atoms with Gasteiger partial charge in [-0.1, -0.05) is 32.9 Å². The third-order valence-electron chi connectivity index (χ3n) is 3.21. The van der Waals surface area contributed by atoms with E-state index in [4.69, 9.17) is 5.11 Å². The predicted octanol–water partition coefficient (Wildman–Crippen LogP) is 2.06. The van der Waals surface area contributed by atoms with Crippen molar-refractivity contribution in [3.05, 3.63) is 30.0 Å². The van der Waals surface area contributed by atoms with E-state index in [0.717, 1.165) is 16.5 Å². The molecular weight excluding hydrogens is 282 g/mol. The Bertz CT molecular complexity index is 685. The molecule has 0 aliphatic carbocycles. The van der Waals surface area contributed by atoms with Crippen molar-refractivity contribution < 1.29 is 14.7 Å². The molecule has 0 unspecified atom stereocenters. The molecule has 0 fully saturated rings. The summed E-state index contributed by atoms with van der Waals surface area (Å²) in [6.07, 6.45) is 1.90. The second-order valence-corrected chi connectivity index (χ2v) is 6.67. The van der Waals surface area contributed by atoms with Crippen LogP contribution in [0.4, 0.5) is 0 Å². The Morgan fingerprint density at radius 3 is 2.68 bits per heavy atom. The number of H-pyrrole nitrogens is 1. The molecule has 0 spiro atoms. The highest BCUT2D eigenvalue weighted by Crippen LogP contribution is 2.17. The van der Waals surface area contributed by atoms with Crippen molar-refractivity contribution >= 4 is 22.8 Å². The lowest BCUT2D eigenvalue weighted by atomic mass is 9.95. The van der Waals surface area contributed by atoms with Gasteiger partial charge in [-0.3, -0.25) is 14.7 Å². The van der Waals surface area contributed by atoms with E-state index in [1.807, 2.05) is 39.0 Å². The molecule has 6 heteroatoms. The first-order valence-corrected chi connectivity index (χ1v) is 7.16. The first-order chi connectivity index (χ1) is 10.2. The van der Waals surface area contributed by atoms with Crippen molar-refractivity contribution in [2.45, 2.75) is 27.2 Å². The minimum absolute atomic E-state index is 0.154. The monoisotopic (exact) mass is 303 g/mol. The number of fused-ring (bicyclic) bond motifs is 1. The second kappa shape index (κ2) is 6.17. The average Bonchev–Trinajstić information content (AvgIpc) is 2.83. The summed E-state index contributed by atoms with van der Waals surface area (Å²) in [5.74, 6) is -1.18. The molecule has 2 N–H and O–H groups in total. The highest BCUT2D eigenvalue weighted by atomic mass is 16.4. The topological polar surface area (TPSA) is 86.3 Å². The molecule has 1 heterocycles. The van der Waals surface area contributed by atoms with Crippen LogP contribution in [-0.2, 0) is 16.0 Å². The summed E-state index contributed by atoms with van der Waals surface area (Å²) in [6.45, 7) is 6.07. The maximum Gasteiger partial charge on any atom is 0.323 e. The number of nitrogens with zero attached hydrogens (tertiary/aromatic N) is 2. The fraction of sp³-hybridized carbons (Fsp3) is 0.438. The van der Waals surface area contributed by atoms with Gasteiger partial charge in [-0.2, -0.15) is 5.10 Å². The molecule has 0 atom stereocenters. The van der Waals surface area contributed by atoms with Gasteiger partial charge in [0.2, 0.25) is 5.91 Å². The number of carboxylic acid groups (broad SMARTS) is 1. The standard InChI is InChI=1S/C16H21N3O3/c1-16(2,3)10-19(9-15(21)22)14(20)7-11-4-5-12-8-17-18-13(12)6-11/h4-6,8H,7,9-10H2,1-3H3,(H,17,18)(H,21,22). The van der Waals surface area contributed by atoms with Gasteiger partial charge in [0.15, 0.2) is 0 Å². The van der Waals surface area contributed by atoms with Crippen LogP contribution in [0.2, 0.25) is 0 Å². The fourth-order valence-corrected chi connectivity index (χ4v) is 2.35. The number of hydrogen-bond donors (Lipinski definition) is 2. The molecule has 1 aromatic carbocycles. The van der Waals surface area contributed by atoms with E-state index in [1.54, 1.807) is 6.20 Å². The Morgan fingerprint density at radius 1 is 1.32 bits per heavy atom. The van der Waals surface area contributed by atoms with Gasteiger partial charge in [0.1, 0.15) is 6.54 Å². The summed E-state index contributed by atoms with van der Waals surface area (Å²) in [5, 5.41) is 16.8. The normalized spacial score (nSPS) is 11.6. The number of aromatic nitrogens is 2. The first-order valence-electron chi connectivity index (χ1n) is 7.16. The first kappa shape index (κ1) is 16.0. The van der Waals surface area contributed by atoms with Crippen LogP contribution in [0.1, 0.15) is 26.3 Å². The number of amides is 1. The number of aromatic amines is 1. The zero-order valence-electron chi connectivity index (χ0n) is 13.1. The summed E-state index contributed by atoms with van der Waals surface area (Å²) < 4.78 is 0. The van der Waals surface area contributed by atoms with Crippen LogP contribution in [0.3, 0.4) is 0 Å². The Balaban J connectivity index is 2.13. The molecule has 1 amide bonds. The zero-order valence-corrected chi connectivity index (χ0v) is 13.1. The van der Waals surface area contributed by atoms with Gasteiger partial charge < -0.3 is 10.0 Å². The summed E-state index contributed by atoms with van der Waals surface area (Å²) in [5.41, 5.74) is 1.55. The number of benzene rings is 1. The van der Waals surface area contributed by atoms with E-state index in [1.165, 1.54) is 4.90 Å². The number of hydrogen-bond acceptors (Lipinski definition) is 3. The minimum Gasteiger partial charge on any atom is -0.480 e. The van der Waals surface area contributed by atoms with Crippen molar-refractivity contribution in [3.8, 4) is 0 Å². The molecule has 2 aromatic rings. The van der Waals surface area contributed by atoms with Gasteiger partial charge in [0.05, 0.1) is 18.1 Å². The summed E-state index contributed by atoms with van der Waals surface area (Å²) >= 11 is 0. The molecule has 0 saturated carbocycles. The van der Waals surface area contributed by atoms with Crippen molar-refractivity contribution in [1.82, 2.24) is 15.1 Å². The van der Waals surface area contributed by atoms with Crippen LogP contribution in [0.25, 0.3) is 10.9 Å². The summed E-state index contributed by atoms with van der Waals surface area (Å²) in [7, 11) is 0. The lowest BCUT2D eigenvalue weighted by Crippen LogP contribution is -2.41. The van der Waals surface area contributed by atoms with Gasteiger partial charge in [0.25, 0.3) is 0 Å². The number of nitrogens with one attached hydrogen (secondary N) is 1. The molecule has 0 radical (unpaired) electrons. The zero-order chi connectivity index (χ0) is 16.3. The van der Waals surface area contributed by atoms with Crippen molar-refractivity contribution in [3.63, 3.8) is 0 Å². The quantitative estimate of drug-likeness (QED) is 0.885. The van der Waals surface area contributed by atoms with Crippen molar-refractivity contribution in [1.29, 1.82) is 0 Å². The Labute approximate surface area is 129 Å². The van der Waals surface area contributed by atoms with Crippen LogP contribution in [0, 0.1) is 5.41 Å². The molecule has 118 valence electrons. The molecule has 0 aliphatic rings. The number of carbonyl (C=O) groups is 2. The maximum absolute atomic E-state index is 12.4. The molecule has 0 aliphatic heterocycles. The maximum atomic E-state index is 12.4.